The van der Waals surface area contributed by atoms with Crippen LogP contribution in [0, 0.1) is 0 Å². The minimum atomic E-state index is -0.538. The molecule has 1 aromatic heterocycles. The molecule has 0 spiro atoms. The number of urea groups is 1. The fraction of sp³-hybridized carbons (Fsp3) is 0.227. The molecule has 0 fully saturated rings. The van der Waals surface area contributed by atoms with E-state index in [-0.39, 0.29) is 6.03 Å². The molecule has 27 heavy (non-hydrogen) atoms. The van der Waals surface area contributed by atoms with Gasteiger partial charge in [-0.2, -0.15) is 0 Å². The third-order valence-corrected chi connectivity index (χ3v) is 4.63. The molecule has 0 aliphatic heterocycles. The van der Waals surface area contributed by atoms with Crippen molar-refractivity contribution in [1.29, 1.82) is 0 Å². The first-order valence-corrected chi connectivity index (χ1v) is 8.87. The number of nitrogens with one attached hydrogen (secondary N) is 2. The number of benzene rings is 2. The third kappa shape index (κ3) is 4.31. The molecule has 0 radical (unpaired) electrons. The molecule has 2 N–H and O–H groups in total. The second-order valence-corrected chi connectivity index (χ2v) is 7.00. The molecule has 0 saturated heterocycles. The van der Waals surface area contributed by atoms with Gasteiger partial charge in [-0.05, 0) is 56.2 Å². The Kier molecular flexibility index (Phi) is 5.21. The Morgan fingerprint density at radius 3 is 2.67 bits per heavy atom. The van der Waals surface area contributed by atoms with E-state index in [0.717, 1.165) is 27.7 Å². The number of aliphatic imine (C=N–C) groups is 1. The average molecular weight is 360 g/mol. The number of fused-ring (bicyclic) bond motifs is 1. The number of rotatable bonds is 4. The summed E-state index contributed by atoms with van der Waals surface area (Å²) >= 11 is 0. The van der Waals surface area contributed by atoms with Gasteiger partial charge in [0.25, 0.3) is 0 Å². The number of carbonyl (C=O) groups excluding carboxylic acids is 1. The molecule has 0 aliphatic rings. The summed E-state index contributed by atoms with van der Waals surface area (Å²) in [6.07, 6.45) is 1.74. The standard InChI is InChI=1S/C22H24N4O/c1-15(23-4)17-7-5-9-18(13-17)22(2,3)26-21(27)25-19-11-10-16-8-6-12-24-20(16)14-19/h5-14H,1-4H3,(H2,25,26,27)/b23-15+. The van der Waals surface area contributed by atoms with Crippen LogP contribution in [0.3, 0.4) is 0 Å². The zero-order chi connectivity index (χ0) is 19.4. The minimum Gasteiger partial charge on any atom is -0.329 e. The quantitative estimate of drug-likeness (QED) is 0.661. The lowest BCUT2D eigenvalue weighted by Crippen LogP contribution is -2.43. The number of carbonyl (C=O) groups is 1. The summed E-state index contributed by atoms with van der Waals surface area (Å²) in [6, 6.07) is 17.4. The zero-order valence-electron chi connectivity index (χ0n) is 16.1. The molecular formula is C22H24N4O. The maximum atomic E-state index is 12.5. The average Bonchev–Trinajstić information content (AvgIpc) is 2.67. The Bertz CT molecular complexity index is 1010. The predicted molar refractivity (Wildman–Crippen MR) is 112 cm³/mol. The first-order valence-electron chi connectivity index (χ1n) is 8.87. The molecule has 5 nitrogen and oxygen atoms in total. The van der Waals surface area contributed by atoms with Crippen molar-refractivity contribution in [2.24, 2.45) is 4.99 Å². The van der Waals surface area contributed by atoms with Crippen LogP contribution in [-0.2, 0) is 5.54 Å². The van der Waals surface area contributed by atoms with Crippen LogP contribution in [0.4, 0.5) is 10.5 Å². The van der Waals surface area contributed by atoms with Crippen LogP contribution in [-0.4, -0.2) is 23.8 Å². The van der Waals surface area contributed by atoms with E-state index >= 15 is 0 Å². The predicted octanol–water partition coefficient (Wildman–Crippen LogP) is 4.73. The Morgan fingerprint density at radius 1 is 1.07 bits per heavy atom. The monoisotopic (exact) mass is 360 g/mol. The zero-order valence-corrected chi connectivity index (χ0v) is 16.1. The van der Waals surface area contributed by atoms with Gasteiger partial charge in [-0.15, -0.1) is 0 Å². The first-order chi connectivity index (χ1) is 12.9. The third-order valence-electron chi connectivity index (χ3n) is 4.63. The SMILES string of the molecule is C/N=C(\C)c1cccc(C(C)(C)NC(=O)Nc2ccc3cccnc3c2)c1. The molecule has 2 aromatic carbocycles. The molecule has 0 bridgehead atoms. The van der Waals surface area contributed by atoms with E-state index in [0.29, 0.717) is 5.69 Å². The summed E-state index contributed by atoms with van der Waals surface area (Å²) in [7, 11) is 1.78. The highest BCUT2D eigenvalue weighted by atomic mass is 16.2. The van der Waals surface area contributed by atoms with E-state index in [1.165, 1.54) is 0 Å². The van der Waals surface area contributed by atoms with Crippen LogP contribution in [0.5, 0.6) is 0 Å². The Hall–Kier alpha value is -3.21. The summed E-state index contributed by atoms with van der Waals surface area (Å²) < 4.78 is 0. The van der Waals surface area contributed by atoms with E-state index in [4.69, 9.17) is 0 Å². The van der Waals surface area contributed by atoms with Crippen molar-refractivity contribution in [3.05, 3.63) is 71.9 Å². The lowest BCUT2D eigenvalue weighted by Gasteiger charge is -2.27. The maximum Gasteiger partial charge on any atom is 0.319 e. The van der Waals surface area contributed by atoms with Gasteiger partial charge in [0.1, 0.15) is 0 Å². The van der Waals surface area contributed by atoms with Gasteiger partial charge < -0.3 is 10.6 Å². The Labute approximate surface area is 159 Å². The molecule has 2 amide bonds. The van der Waals surface area contributed by atoms with Crippen LogP contribution >= 0.6 is 0 Å². The highest BCUT2D eigenvalue weighted by Gasteiger charge is 2.23. The van der Waals surface area contributed by atoms with Crippen molar-refractivity contribution in [3.63, 3.8) is 0 Å². The van der Waals surface area contributed by atoms with Crippen LogP contribution in [0.15, 0.2) is 65.8 Å². The molecule has 0 unspecified atom stereocenters. The van der Waals surface area contributed by atoms with E-state index in [1.54, 1.807) is 13.2 Å². The van der Waals surface area contributed by atoms with Crippen molar-refractivity contribution in [2.45, 2.75) is 26.3 Å². The molecule has 1 heterocycles. The lowest BCUT2D eigenvalue weighted by atomic mass is 9.92. The number of amides is 2. The van der Waals surface area contributed by atoms with Crippen LogP contribution in [0.2, 0.25) is 0 Å². The molecular weight excluding hydrogens is 336 g/mol. The molecule has 0 atom stereocenters. The number of aromatic nitrogens is 1. The molecule has 0 aliphatic carbocycles. The van der Waals surface area contributed by atoms with E-state index < -0.39 is 5.54 Å². The van der Waals surface area contributed by atoms with Crippen LogP contribution < -0.4 is 10.6 Å². The highest BCUT2D eigenvalue weighted by molar-refractivity contribution is 5.99. The molecule has 5 heteroatoms. The van der Waals surface area contributed by atoms with Crippen LogP contribution in [0.25, 0.3) is 10.9 Å². The minimum absolute atomic E-state index is 0.262. The van der Waals surface area contributed by atoms with Crippen molar-refractivity contribution >= 4 is 28.3 Å². The summed E-state index contributed by atoms with van der Waals surface area (Å²) in [5.74, 6) is 0. The molecule has 138 valence electrons. The second-order valence-electron chi connectivity index (χ2n) is 7.00. The largest absolute Gasteiger partial charge is 0.329 e. The number of nitrogens with zero attached hydrogens (tertiary/aromatic N) is 2. The van der Waals surface area contributed by atoms with Gasteiger partial charge in [-0.1, -0.05) is 30.3 Å². The summed E-state index contributed by atoms with van der Waals surface area (Å²) in [5, 5.41) is 6.97. The second kappa shape index (κ2) is 7.58. The van der Waals surface area contributed by atoms with Gasteiger partial charge in [-0.3, -0.25) is 9.98 Å². The Morgan fingerprint density at radius 2 is 1.89 bits per heavy atom. The van der Waals surface area contributed by atoms with Gasteiger partial charge in [-0.25, -0.2) is 4.79 Å². The van der Waals surface area contributed by atoms with E-state index in [1.807, 2.05) is 69.3 Å². The normalized spacial score (nSPS) is 12.1. The van der Waals surface area contributed by atoms with E-state index in [2.05, 4.69) is 26.7 Å². The highest BCUT2D eigenvalue weighted by Crippen LogP contribution is 2.22. The van der Waals surface area contributed by atoms with Crippen molar-refractivity contribution in [2.75, 3.05) is 12.4 Å². The molecule has 3 rings (SSSR count). The lowest BCUT2D eigenvalue weighted by molar-refractivity contribution is 0.242. The number of hydrogen-bond donors (Lipinski definition) is 2. The van der Waals surface area contributed by atoms with E-state index in [9.17, 15) is 4.79 Å². The molecule has 3 aromatic rings. The van der Waals surface area contributed by atoms with Gasteiger partial charge in [0, 0.05) is 30.0 Å². The van der Waals surface area contributed by atoms with Crippen molar-refractivity contribution < 1.29 is 4.79 Å². The summed E-state index contributed by atoms with van der Waals surface area (Å²) in [5.41, 5.74) is 4.03. The smallest absolute Gasteiger partial charge is 0.319 e. The number of hydrogen-bond acceptors (Lipinski definition) is 3. The van der Waals surface area contributed by atoms with Crippen LogP contribution in [0.1, 0.15) is 31.9 Å². The summed E-state index contributed by atoms with van der Waals surface area (Å²) in [6.45, 7) is 5.93. The topological polar surface area (TPSA) is 66.4 Å². The Balaban J connectivity index is 1.75. The fourth-order valence-electron chi connectivity index (χ4n) is 2.92. The fourth-order valence-corrected chi connectivity index (χ4v) is 2.92. The first kappa shape index (κ1) is 18.6. The van der Waals surface area contributed by atoms with Gasteiger partial charge in [0.2, 0.25) is 0 Å². The maximum absolute atomic E-state index is 12.5. The van der Waals surface area contributed by atoms with Crippen molar-refractivity contribution in [3.8, 4) is 0 Å². The number of anilines is 1. The van der Waals surface area contributed by atoms with Crippen molar-refractivity contribution in [1.82, 2.24) is 10.3 Å². The molecule has 0 saturated carbocycles. The van der Waals surface area contributed by atoms with Gasteiger partial charge >= 0.3 is 6.03 Å². The van der Waals surface area contributed by atoms with Gasteiger partial charge in [0.15, 0.2) is 0 Å². The number of pyridine rings is 1. The summed E-state index contributed by atoms with van der Waals surface area (Å²) in [4.78, 5) is 21.1. The van der Waals surface area contributed by atoms with Gasteiger partial charge in [0.05, 0.1) is 11.1 Å².